The van der Waals surface area contributed by atoms with E-state index in [9.17, 15) is 19.2 Å². The lowest BCUT2D eigenvalue weighted by Crippen LogP contribution is -2.67. The highest BCUT2D eigenvalue weighted by Gasteiger charge is 2.54. The van der Waals surface area contributed by atoms with E-state index >= 15 is 0 Å². The van der Waals surface area contributed by atoms with Crippen LogP contribution in [0, 0.1) is 6.92 Å². The molecule has 43 heavy (non-hydrogen) atoms. The lowest BCUT2D eigenvalue weighted by Gasteiger charge is -2.44. The van der Waals surface area contributed by atoms with Gasteiger partial charge in [-0.2, -0.15) is 0 Å². The molecule has 11 nitrogen and oxygen atoms in total. The highest BCUT2D eigenvalue weighted by atomic mass is 28.4. The topological polar surface area (TPSA) is 152 Å². The van der Waals surface area contributed by atoms with E-state index in [-0.39, 0.29) is 17.2 Å². The minimum atomic E-state index is -2.99. The van der Waals surface area contributed by atoms with E-state index in [4.69, 9.17) is 24.4 Å². The zero-order valence-corrected chi connectivity index (χ0v) is 26.2. The van der Waals surface area contributed by atoms with Gasteiger partial charge in [0.05, 0.1) is 12.6 Å². The van der Waals surface area contributed by atoms with E-state index in [0.29, 0.717) is 0 Å². The normalized spacial score (nSPS) is 21.3. The van der Waals surface area contributed by atoms with Gasteiger partial charge in [0.2, 0.25) is 0 Å². The summed E-state index contributed by atoms with van der Waals surface area (Å²) < 4.78 is 25.5. The predicted molar refractivity (Wildman–Crippen MR) is 163 cm³/mol. The predicted octanol–water partition coefficient (Wildman–Crippen LogP) is 1.51. The fourth-order valence-corrected chi connectivity index (χ4v) is 10.3. The summed E-state index contributed by atoms with van der Waals surface area (Å²) in [4.78, 5) is 51.5. The second-order valence-corrected chi connectivity index (χ2v) is 16.1. The van der Waals surface area contributed by atoms with Crippen LogP contribution in [0.3, 0.4) is 0 Å². The third-order valence-electron chi connectivity index (χ3n) is 7.58. The maximum absolute atomic E-state index is 12.8. The van der Waals surface area contributed by atoms with Crippen molar-refractivity contribution in [3.05, 3.63) is 93.3 Å². The number of aromatic amines is 1. The molecule has 1 aliphatic rings. The Kier molecular flexibility index (Phi) is 9.55. The van der Waals surface area contributed by atoms with Crippen LogP contribution in [0.1, 0.15) is 46.4 Å². The molecule has 1 aromatic heterocycles. The second kappa shape index (κ2) is 12.8. The Labute approximate surface area is 251 Å². The highest BCUT2D eigenvalue weighted by molar-refractivity contribution is 6.99. The number of hydrogen-bond acceptors (Lipinski definition) is 9. The van der Waals surface area contributed by atoms with Gasteiger partial charge in [0.1, 0.15) is 6.10 Å². The Balaban J connectivity index is 1.75. The van der Waals surface area contributed by atoms with Crippen molar-refractivity contribution in [2.75, 3.05) is 6.61 Å². The van der Waals surface area contributed by atoms with E-state index in [2.05, 4.69) is 50.0 Å². The summed E-state index contributed by atoms with van der Waals surface area (Å²) in [6.45, 7) is 10.3. The summed E-state index contributed by atoms with van der Waals surface area (Å²) in [6.07, 6.45) is -3.35. The van der Waals surface area contributed by atoms with Crippen LogP contribution in [-0.4, -0.2) is 60.8 Å². The molecule has 0 saturated carbocycles. The number of esters is 2. The number of nitrogens with zero attached hydrogens (tertiary/aromatic N) is 1. The van der Waals surface area contributed by atoms with Gasteiger partial charge in [-0.25, -0.2) is 4.79 Å². The lowest BCUT2D eigenvalue weighted by atomic mass is 10.0. The van der Waals surface area contributed by atoms with Gasteiger partial charge in [-0.3, -0.25) is 23.9 Å². The summed E-state index contributed by atoms with van der Waals surface area (Å²) in [5.74, 6) is -1.33. The van der Waals surface area contributed by atoms with Crippen LogP contribution in [0.25, 0.3) is 0 Å². The molecule has 0 spiro atoms. The van der Waals surface area contributed by atoms with Crippen molar-refractivity contribution >= 4 is 30.6 Å². The Bertz CT molecular complexity index is 1510. The van der Waals surface area contributed by atoms with Crippen LogP contribution in [0.15, 0.2) is 76.4 Å². The summed E-state index contributed by atoms with van der Waals surface area (Å²) in [7, 11) is -2.99. The van der Waals surface area contributed by atoms with Crippen molar-refractivity contribution in [1.82, 2.24) is 9.55 Å². The van der Waals surface area contributed by atoms with Gasteiger partial charge in [-0.05, 0) is 22.3 Å². The van der Waals surface area contributed by atoms with Crippen LogP contribution in [-0.2, 0) is 28.2 Å². The van der Waals surface area contributed by atoms with Gasteiger partial charge in [-0.15, -0.1) is 0 Å². The van der Waals surface area contributed by atoms with Crippen LogP contribution >= 0.6 is 0 Å². The number of rotatable bonds is 9. The highest BCUT2D eigenvalue weighted by Crippen LogP contribution is 2.38. The fraction of sp³-hybridized carbons (Fsp3) is 0.419. The van der Waals surface area contributed by atoms with Crippen molar-refractivity contribution in [2.24, 2.45) is 5.73 Å². The van der Waals surface area contributed by atoms with E-state index in [0.717, 1.165) is 14.9 Å². The Hall–Kier alpha value is -3.84. The maximum Gasteiger partial charge on any atom is 0.330 e. The molecule has 0 amide bonds. The van der Waals surface area contributed by atoms with Crippen molar-refractivity contribution in [2.45, 2.75) is 77.2 Å². The second-order valence-electron chi connectivity index (χ2n) is 11.8. The van der Waals surface area contributed by atoms with Gasteiger partial charge in [-0.1, -0.05) is 81.4 Å². The number of benzene rings is 2. The SMILES string of the molecule is CC(=O)O[C@H]1[C@@H](OC(C)=O)[C@H](n2cc(C)c(=O)[nH]c2=O)O[C@@H]1[C@H](N)CO[Si](c1ccccc1)(c1ccccc1)C(C)(C)C. The number of H-pyrrole nitrogens is 1. The number of hydrogen-bond donors (Lipinski definition) is 2. The van der Waals surface area contributed by atoms with Gasteiger partial charge < -0.3 is 24.4 Å². The molecule has 3 aromatic rings. The van der Waals surface area contributed by atoms with Crippen molar-refractivity contribution in [3.63, 3.8) is 0 Å². The zero-order chi connectivity index (χ0) is 31.5. The summed E-state index contributed by atoms with van der Waals surface area (Å²) in [6, 6.07) is 19.2. The molecule has 0 aliphatic carbocycles. The van der Waals surface area contributed by atoms with Crippen molar-refractivity contribution in [1.29, 1.82) is 0 Å². The molecule has 5 atom stereocenters. The Morgan fingerprint density at radius 3 is 1.95 bits per heavy atom. The quantitative estimate of drug-likeness (QED) is 0.272. The third kappa shape index (κ3) is 6.57. The standard InChI is InChI=1S/C31H39N3O8Si/c1-19-17-34(30(38)33-28(19)37)29-27(41-21(3)36)26(40-20(2)35)25(42-29)24(32)18-39-43(31(4,5)6,22-13-9-7-10-14-22)23-15-11-8-12-16-23/h7-17,24-27,29H,18,32H2,1-6H3,(H,33,37,38)/t24-,25-,26-,27-,29-/m1/s1. The molecule has 1 aliphatic heterocycles. The minimum absolute atomic E-state index is 0.00519. The monoisotopic (exact) mass is 609 g/mol. The number of nitrogens with two attached hydrogens (primary N) is 1. The molecule has 230 valence electrons. The average Bonchev–Trinajstić information content (AvgIpc) is 3.27. The van der Waals surface area contributed by atoms with Gasteiger partial charge in [0, 0.05) is 25.6 Å². The Morgan fingerprint density at radius 1 is 0.953 bits per heavy atom. The first-order valence-electron chi connectivity index (χ1n) is 14.1. The molecule has 3 N–H and O–H groups in total. The first kappa shape index (κ1) is 32.1. The molecule has 4 rings (SSSR count). The molecule has 1 fully saturated rings. The van der Waals surface area contributed by atoms with Gasteiger partial charge >= 0.3 is 17.6 Å². The van der Waals surface area contributed by atoms with E-state index in [1.165, 1.54) is 27.0 Å². The molecule has 2 heterocycles. The number of nitrogens with one attached hydrogen (secondary N) is 1. The van der Waals surface area contributed by atoms with E-state index in [1.54, 1.807) is 0 Å². The van der Waals surface area contributed by atoms with Crippen LogP contribution in [0.4, 0.5) is 0 Å². The van der Waals surface area contributed by atoms with Gasteiger partial charge in [0.25, 0.3) is 13.9 Å². The molecule has 0 unspecified atom stereocenters. The number of carbonyl (C=O) groups excluding carboxylic acids is 2. The lowest BCUT2D eigenvalue weighted by molar-refractivity contribution is -0.165. The molecule has 12 heteroatoms. The van der Waals surface area contributed by atoms with Crippen molar-refractivity contribution < 1.29 is 28.2 Å². The molecule has 2 aromatic carbocycles. The van der Waals surface area contributed by atoms with Crippen LogP contribution < -0.4 is 27.4 Å². The molecular formula is C31H39N3O8Si. The van der Waals surface area contributed by atoms with Gasteiger partial charge in [0.15, 0.2) is 18.4 Å². The maximum atomic E-state index is 12.8. The third-order valence-corrected chi connectivity index (χ3v) is 12.6. The van der Waals surface area contributed by atoms with Crippen LogP contribution in [0.5, 0.6) is 0 Å². The smallest absolute Gasteiger partial charge is 0.330 e. The van der Waals surface area contributed by atoms with Crippen LogP contribution in [0.2, 0.25) is 5.04 Å². The number of aryl methyl sites for hydroxylation is 1. The summed E-state index contributed by atoms with van der Waals surface area (Å²) in [5, 5.41) is 1.77. The number of aromatic nitrogens is 2. The first-order chi connectivity index (χ1) is 20.3. The Morgan fingerprint density at radius 2 is 1.47 bits per heavy atom. The van der Waals surface area contributed by atoms with E-state index in [1.807, 2.05) is 36.4 Å². The molecular weight excluding hydrogens is 570 g/mol. The first-order valence-corrected chi connectivity index (χ1v) is 16.0. The largest absolute Gasteiger partial charge is 0.456 e. The average molecular weight is 610 g/mol. The summed E-state index contributed by atoms with van der Waals surface area (Å²) >= 11 is 0. The van der Waals surface area contributed by atoms with Crippen molar-refractivity contribution in [3.8, 4) is 0 Å². The number of ether oxygens (including phenoxy) is 3. The molecule has 0 bridgehead atoms. The van der Waals surface area contributed by atoms with E-state index < -0.39 is 62.1 Å². The number of carbonyl (C=O) groups is 2. The molecule has 0 radical (unpaired) electrons. The molecule has 1 saturated heterocycles. The summed E-state index contributed by atoms with van der Waals surface area (Å²) in [5.41, 5.74) is 5.66. The zero-order valence-electron chi connectivity index (χ0n) is 25.2. The minimum Gasteiger partial charge on any atom is -0.456 e. The fourth-order valence-electron chi connectivity index (χ4n) is 5.73.